The lowest BCUT2D eigenvalue weighted by Crippen LogP contribution is -2.23. The summed E-state index contributed by atoms with van der Waals surface area (Å²) in [4.78, 5) is 0. The van der Waals surface area contributed by atoms with Crippen molar-refractivity contribution in [2.24, 2.45) is 0 Å². The molecule has 70 valence electrons. The molecule has 1 heteroatoms. The average Bonchev–Trinajstić information content (AvgIpc) is 2.11. The van der Waals surface area contributed by atoms with Crippen LogP contribution in [0.3, 0.4) is 0 Å². The molecular formula is C11H21N. The number of hydrogen-bond acceptors (Lipinski definition) is 1. The Bertz CT molecular complexity index is 137. The summed E-state index contributed by atoms with van der Waals surface area (Å²) in [7, 11) is 2.04. The van der Waals surface area contributed by atoms with Crippen LogP contribution >= 0.6 is 0 Å². The van der Waals surface area contributed by atoms with E-state index in [2.05, 4.69) is 24.1 Å². The zero-order chi connectivity index (χ0) is 9.23. The van der Waals surface area contributed by atoms with E-state index in [1.54, 1.807) is 0 Å². The van der Waals surface area contributed by atoms with Gasteiger partial charge in [-0.05, 0) is 33.2 Å². The molecule has 0 fully saturated rings. The van der Waals surface area contributed by atoms with Crippen molar-refractivity contribution in [3.05, 3.63) is 0 Å². The normalized spacial score (nSPS) is 11.9. The van der Waals surface area contributed by atoms with Crippen LogP contribution in [0.4, 0.5) is 0 Å². The van der Waals surface area contributed by atoms with Crippen LogP contribution in [0, 0.1) is 11.8 Å². The average molecular weight is 167 g/mol. The molecule has 0 aliphatic heterocycles. The summed E-state index contributed by atoms with van der Waals surface area (Å²) in [6.45, 7) is 4.13. The molecule has 0 heterocycles. The van der Waals surface area contributed by atoms with Crippen LogP contribution in [0.15, 0.2) is 0 Å². The second-order valence-electron chi connectivity index (χ2n) is 3.07. The highest BCUT2D eigenvalue weighted by atomic mass is 14.9. The fourth-order valence-corrected chi connectivity index (χ4v) is 1.28. The number of nitrogens with one attached hydrogen (secondary N) is 1. The Morgan fingerprint density at radius 2 is 2.08 bits per heavy atom. The van der Waals surface area contributed by atoms with E-state index in [-0.39, 0.29) is 0 Å². The van der Waals surface area contributed by atoms with Gasteiger partial charge < -0.3 is 5.32 Å². The predicted octanol–water partition coefficient (Wildman–Crippen LogP) is 2.57. The maximum Gasteiger partial charge on any atom is 0.00885 e. The largest absolute Gasteiger partial charge is 0.317 e. The van der Waals surface area contributed by atoms with E-state index in [0.717, 1.165) is 6.42 Å². The van der Waals surface area contributed by atoms with Crippen molar-refractivity contribution in [2.75, 3.05) is 7.05 Å². The van der Waals surface area contributed by atoms with Gasteiger partial charge in [-0.2, -0.15) is 0 Å². The van der Waals surface area contributed by atoms with Gasteiger partial charge in [0.05, 0.1) is 0 Å². The predicted molar refractivity (Wildman–Crippen MR) is 55.1 cm³/mol. The lowest BCUT2D eigenvalue weighted by atomic mass is 10.1. The highest BCUT2D eigenvalue weighted by molar-refractivity contribution is 4.94. The monoisotopic (exact) mass is 167 g/mol. The van der Waals surface area contributed by atoms with Crippen LogP contribution < -0.4 is 5.32 Å². The maximum absolute atomic E-state index is 3.31. The Balaban J connectivity index is 3.21. The molecule has 0 spiro atoms. The summed E-state index contributed by atoms with van der Waals surface area (Å²) in [5.41, 5.74) is 0. The summed E-state index contributed by atoms with van der Waals surface area (Å²) < 4.78 is 0. The molecule has 1 nitrogen and oxygen atoms in total. The summed E-state index contributed by atoms with van der Waals surface area (Å²) in [5, 5.41) is 3.31. The van der Waals surface area contributed by atoms with Gasteiger partial charge in [-0.3, -0.25) is 0 Å². The minimum absolute atomic E-state index is 0.708. The van der Waals surface area contributed by atoms with Gasteiger partial charge in [0.25, 0.3) is 0 Å². The van der Waals surface area contributed by atoms with Crippen LogP contribution in [0.5, 0.6) is 0 Å². The smallest absolute Gasteiger partial charge is 0.00885 e. The van der Waals surface area contributed by atoms with Crippen LogP contribution in [0.1, 0.15) is 46.0 Å². The van der Waals surface area contributed by atoms with E-state index >= 15 is 0 Å². The summed E-state index contributed by atoms with van der Waals surface area (Å²) in [6, 6.07) is 0.708. The third kappa shape index (κ3) is 6.24. The van der Waals surface area contributed by atoms with Crippen LogP contribution in [-0.4, -0.2) is 13.1 Å². The second kappa shape index (κ2) is 8.62. The Morgan fingerprint density at radius 3 is 2.58 bits per heavy atom. The van der Waals surface area contributed by atoms with E-state index in [9.17, 15) is 0 Å². The molecule has 0 aromatic heterocycles. The van der Waals surface area contributed by atoms with E-state index in [0.29, 0.717) is 6.04 Å². The molecule has 0 rings (SSSR count). The number of unbranched alkanes of at least 4 members (excludes halogenated alkanes) is 2. The van der Waals surface area contributed by atoms with Crippen LogP contribution in [0.25, 0.3) is 0 Å². The molecule has 1 N–H and O–H groups in total. The topological polar surface area (TPSA) is 12.0 Å². The first-order valence-corrected chi connectivity index (χ1v) is 4.92. The molecule has 1 atom stereocenters. The van der Waals surface area contributed by atoms with E-state index in [4.69, 9.17) is 0 Å². The SMILES string of the molecule is CC#CCCCCC(CC)NC. The molecule has 0 aliphatic carbocycles. The molecule has 0 aliphatic rings. The van der Waals surface area contributed by atoms with Crippen molar-refractivity contribution < 1.29 is 0 Å². The van der Waals surface area contributed by atoms with Crippen molar-refractivity contribution >= 4 is 0 Å². The molecule has 12 heavy (non-hydrogen) atoms. The molecule has 1 unspecified atom stereocenters. The van der Waals surface area contributed by atoms with Gasteiger partial charge in [-0.15, -0.1) is 11.8 Å². The highest BCUT2D eigenvalue weighted by Crippen LogP contribution is 2.05. The molecular weight excluding hydrogens is 146 g/mol. The summed E-state index contributed by atoms with van der Waals surface area (Å²) in [5.74, 6) is 6.01. The van der Waals surface area contributed by atoms with E-state index in [1.165, 1.54) is 25.7 Å². The first kappa shape index (κ1) is 11.5. The van der Waals surface area contributed by atoms with Gasteiger partial charge >= 0.3 is 0 Å². The zero-order valence-electron chi connectivity index (χ0n) is 8.61. The van der Waals surface area contributed by atoms with E-state index < -0.39 is 0 Å². The minimum atomic E-state index is 0.708. The molecule has 0 amide bonds. The summed E-state index contributed by atoms with van der Waals surface area (Å²) >= 11 is 0. The van der Waals surface area contributed by atoms with Crippen LogP contribution in [0.2, 0.25) is 0 Å². The Hall–Kier alpha value is -0.480. The van der Waals surface area contributed by atoms with Gasteiger partial charge in [0.1, 0.15) is 0 Å². The van der Waals surface area contributed by atoms with Gasteiger partial charge in [-0.1, -0.05) is 13.3 Å². The molecule has 0 saturated heterocycles. The molecule has 0 saturated carbocycles. The first-order valence-electron chi connectivity index (χ1n) is 4.92. The molecule has 0 aromatic rings. The Morgan fingerprint density at radius 1 is 1.33 bits per heavy atom. The van der Waals surface area contributed by atoms with Crippen LogP contribution in [-0.2, 0) is 0 Å². The van der Waals surface area contributed by atoms with Crippen molar-refractivity contribution in [1.82, 2.24) is 5.32 Å². The summed E-state index contributed by atoms with van der Waals surface area (Å²) in [6.07, 6.45) is 6.14. The zero-order valence-corrected chi connectivity index (χ0v) is 8.61. The second-order valence-corrected chi connectivity index (χ2v) is 3.07. The third-order valence-electron chi connectivity index (χ3n) is 2.18. The first-order chi connectivity index (χ1) is 5.85. The van der Waals surface area contributed by atoms with Crippen molar-refractivity contribution in [3.63, 3.8) is 0 Å². The lowest BCUT2D eigenvalue weighted by Gasteiger charge is -2.12. The van der Waals surface area contributed by atoms with Gasteiger partial charge in [0, 0.05) is 12.5 Å². The van der Waals surface area contributed by atoms with Crippen molar-refractivity contribution in [1.29, 1.82) is 0 Å². The van der Waals surface area contributed by atoms with Crippen molar-refractivity contribution in [3.8, 4) is 11.8 Å². The van der Waals surface area contributed by atoms with Gasteiger partial charge in [-0.25, -0.2) is 0 Å². The number of hydrogen-bond donors (Lipinski definition) is 1. The third-order valence-corrected chi connectivity index (χ3v) is 2.18. The fourth-order valence-electron chi connectivity index (χ4n) is 1.28. The quantitative estimate of drug-likeness (QED) is 0.473. The minimum Gasteiger partial charge on any atom is -0.317 e. The van der Waals surface area contributed by atoms with Gasteiger partial charge in [0.2, 0.25) is 0 Å². The lowest BCUT2D eigenvalue weighted by molar-refractivity contribution is 0.484. The number of rotatable bonds is 6. The Kier molecular flexibility index (Phi) is 8.27. The maximum atomic E-state index is 3.31. The van der Waals surface area contributed by atoms with Gasteiger partial charge in [0.15, 0.2) is 0 Å². The molecule has 0 radical (unpaired) electrons. The standard InChI is InChI=1S/C11H21N/c1-4-6-7-8-9-10-11(5-2)12-3/h11-12H,5,7-10H2,1-3H3. The Labute approximate surface area is 76.9 Å². The fraction of sp³-hybridized carbons (Fsp3) is 0.818. The van der Waals surface area contributed by atoms with Crippen molar-refractivity contribution in [2.45, 2.75) is 52.0 Å². The highest BCUT2D eigenvalue weighted by Gasteiger charge is 2.00. The molecule has 0 aromatic carbocycles. The van der Waals surface area contributed by atoms with E-state index in [1.807, 2.05) is 14.0 Å². The molecule has 0 bridgehead atoms.